The lowest BCUT2D eigenvalue weighted by Gasteiger charge is -2.14. The van der Waals surface area contributed by atoms with Gasteiger partial charge in [-0.15, -0.1) is 0 Å². The number of benzene rings is 1. The molecule has 1 amide bonds. The lowest BCUT2D eigenvalue weighted by Crippen LogP contribution is -2.37. The summed E-state index contributed by atoms with van der Waals surface area (Å²) in [4.78, 5) is 41.7. The molecule has 0 saturated carbocycles. The molecule has 3 aromatic rings. The van der Waals surface area contributed by atoms with Gasteiger partial charge in [0.2, 0.25) is 6.79 Å². The lowest BCUT2D eigenvalue weighted by atomic mass is 10.1. The number of amides is 1. The van der Waals surface area contributed by atoms with Crippen LogP contribution in [0, 0.1) is 6.92 Å². The first kappa shape index (κ1) is 16.8. The molecule has 4 rings (SSSR count). The second-order valence-electron chi connectivity index (χ2n) is 6.24. The van der Waals surface area contributed by atoms with E-state index in [2.05, 4.69) is 10.3 Å². The van der Waals surface area contributed by atoms with E-state index in [0.717, 1.165) is 4.57 Å². The summed E-state index contributed by atoms with van der Waals surface area (Å²) in [5.74, 6) is 0.637. The van der Waals surface area contributed by atoms with Crippen molar-refractivity contribution in [1.82, 2.24) is 14.1 Å². The number of anilines is 1. The number of nitrogens with zero attached hydrogens (tertiary/aromatic N) is 3. The minimum Gasteiger partial charge on any atom is -0.454 e. The van der Waals surface area contributed by atoms with Gasteiger partial charge in [0.25, 0.3) is 11.5 Å². The van der Waals surface area contributed by atoms with Gasteiger partial charge in [-0.3, -0.25) is 18.7 Å². The van der Waals surface area contributed by atoms with Crippen molar-refractivity contribution in [3.8, 4) is 11.5 Å². The van der Waals surface area contributed by atoms with Crippen LogP contribution in [0.2, 0.25) is 0 Å². The Morgan fingerprint density at radius 3 is 2.67 bits per heavy atom. The van der Waals surface area contributed by atoms with Gasteiger partial charge < -0.3 is 14.8 Å². The fourth-order valence-electron chi connectivity index (χ4n) is 3.01. The van der Waals surface area contributed by atoms with Crippen molar-refractivity contribution < 1.29 is 14.3 Å². The molecule has 1 N–H and O–H groups in total. The van der Waals surface area contributed by atoms with Crippen molar-refractivity contribution in [1.29, 1.82) is 0 Å². The molecule has 138 valence electrons. The van der Waals surface area contributed by atoms with Crippen LogP contribution in [-0.2, 0) is 14.1 Å². The van der Waals surface area contributed by atoms with Gasteiger partial charge in [-0.2, -0.15) is 0 Å². The first-order chi connectivity index (χ1) is 12.9. The smallest absolute Gasteiger partial charge is 0.332 e. The largest absolute Gasteiger partial charge is 0.454 e. The molecule has 0 radical (unpaired) electrons. The van der Waals surface area contributed by atoms with Gasteiger partial charge in [-0.1, -0.05) is 0 Å². The zero-order valence-electron chi connectivity index (χ0n) is 14.9. The summed E-state index contributed by atoms with van der Waals surface area (Å²) in [6, 6.07) is 4.83. The molecule has 0 saturated heterocycles. The summed E-state index contributed by atoms with van der Waals surface area (Å²) in [5, 5.41) is 2.95. The molecular formula is C18H16N4O5. The highest BCUT2D eigenvalue weighted by Gasteiger charge is 2.20. The van der Waals surface area contributed by atoms with Crippen LogP contribution < -0.4 is 26.0 Å². The Kier molecular flexibility index (Phi) is 3.72. The maximum absolute atomic E-state index is 12.8. The molecule has 0 atom stereocenters. The second kappa shape index (κ2) is 5.97. The van der Waals surface area contributed by atoms with Crippen LogP contribution in [-0.4, -0.2) is 26.8 Å². The number of hydrogen-bond acceptors (Lipinski definition) is 6. The van der Waals surface area contributed by atoms with Gasteiger partial charge >= 0.3 is 5.69 Å². The zero-order chi connectivity index (χ0) is 19.3. The number of rotatable bonds is 2. The van der Waals surface area contributed by atoms with Crippen LogP contribution >= 0.6 is 0 Å². The van der Waals surface area contributed by atoms with E-state index in [-0.39, 0.29) is 17.8 Å². The number of aromatic nitrogens is 3. The third-order valence-corrected chi connectivity index (χ3v) is 4.53. The van der Waals surface area contributed by atoms with Gasteiger partial charge in [0.15, 0.2) is 17.1 Å². The van der Waals surface area contributed by atoms with Crippen LogP contribution in [0.1, 0.15) is 15.9 Å². The minimum absolute atomic E-state index is 0.110. The number of ether oxygens (including phenoxy) is 2. The molecule has 0 aliphatic carbocycles. The van der Waals surface area contributed by atoms with E-state index in [1.54, 1.807) is 25.1 Å². The number of hydrogen-bond donors (Lipinski definition) is 1. The molecule has 2 aromatic heterocycles. The molecule has 9 heteroatoms. The Balaban J connectivity index is 1.84. The summed E-state index contributed by atoms with van der Waals surface area (Å²) in [6.07, 6.45) is 1.51. The quantitative estimate of drug-likeness (QED) is 0.721. The van der Waals surface area contributed by atoms with Gasteiger partial charge in [0, 0.05) is 25.9 Å². The van der Waals surface area contributed by atoms with Gasteiger partial charge in [0.05, 0.1) is 5.69 Å². The Morgan fingerprint density at radius 1 is 1.15 bits per heavy atom. The van der Waals surface area contributed by atoms with Crippen LogP contribution in [0.25, 0.3) is 11.0 Å². The third kappa shape index (κ3) is 2.55. The Labute approximate surface area is 152 Å². The monoisotopic (exact) mass is 368 g/mol. The summed E-state index contributed by atoms with van der Waals surface area (Å²) >= 11 is 0. The van der Waals surface area contributed by atoms with Crippen molar-refractivity contribution in [2.45, 2.75) is 6.92 Å². The number of aryl methyl sites for hydroxylation is 2. The fraction of sp³-hybridized carbons (Fsp3) is 0.222. The average molecular weight is 368 g/mol. The SMILES string of the molecule is Cc1cnc2c(c1NC(=O)c1ccc3c(c1)OCO3)c(=O)n(C)c(=O)n2C. The number of fused-ring (bicyclic) bond motifs is 2. The van der Waals surface area contributed by atoms with E-state index >= 15 is 0 Å². The summed E-state index contributed by atoms with van der Waals surface area (Å²) < 4.78 is 12.8. The molecule has 1 aliphatic rings. The van der Waals surface area contributed by atoms with E-state index in [1.807, 2.05) is 0 Å². The zero-order valence-corrected chi connectivity index (χ0v) is 14.9. The van der Waals surface area contributed by atoms with E-state index in [0.29, 0.717) is 28.3 Å². The van der Waals surface area contributed by atoms with Gasteiger partial charge in [-0.05, 0) is 30.7 Å². The van der Waals surface area contributed by atoms with Crippen molar-refractivity contribution in [2.75, 3.05) is 12.1 Å². The highest BCUT2D eigenvalue weighted by Crippen LogP contribution is 2.33. The Bertz CT molecular complexity index is 1230. The summed E-state index contributed by atoms with van der Waals surface area (Å²) in [7, 11) is 2.91. The molecule has 0 unspecified atom stereocenters. The molecule has 1 aliphatic heterocycles. The van der Waals surface area contributed by atoms with Crippen molar-refractivity contribution in [2.24, 2.45) is 14.1 Å². The standard InChI is InChI=1S/C18H16N4O5/c1-9-7-19-15-13(17(24)22(3)18(25)21(15)2)14(9)20-16(23)10-4-5-11-12(6-10)27-8-26-11/h4-7H,8H2,1-3H3,(H,19,20,23). The van der Waals surface area contributed by atoms with E-state index in [1.165, 1.54) is 24.9 Å². The van der Waals surface area contributed by atoms with Crippen LogP contribution in [0.3, 0.4) is 0 Å². The van der Waals surface area contributed by atoms with Crippen LogP contribution in [0.5, 0.6) is 11.5 Å². The average Bonchev–Trinajstić information content (AvgIpc) is 3.13. The first-order valence-electron chi connectivity index (χ1n) is 8.15. The molecule has 0 fully saturated rings. The van der Waals surface area contributed by atoms with E-state index in [4.69, 9.17) is 9.47 Å². The topological polar surface area (TPSA) is 104 Å². The van der Waals surface area contributed by atoms with Crippen molar-refractivity contribution >= 4 is 22.6 Å². The molecule has 0 bridgehead atoms. The number of nitrogens with one attached hydrogen (secondary N) is 1. The predicted molar refractivity (Wildman–Crippen MR) is 97.5 cm³/mol. The number of pyridine rings is 1. The van der Waals surface area contributed by atoms with Crippen LogP contribution in [0.4, 0.5) is 5.69 Å². The third-order valence-electron chi connectivity index (χ3n) is 4.53. The van der Waals surface area contributed by atoms with E-state index < -0.39 is 17.2 Å². The first-order valence-corrected chi connectivity index (χ1v) is 8.15. The lowest BCUT2D eigenvalue weighted by molar-refractivity contribution is 0.102. The van der Waals surface area contributed by atoms with Crippen molar-refractivity contribution in [3.05, 3.63) is 56.4 Å². The summed E-state index contributed by atoms with van der Waals surface area (Å²) in [5.41, 5.74) is 0.466. The molecule has 27 heavy (non-hydrogen) atoms. The van der Waals surface area contributed by atoms with Gasteiger partial charge in [0.1, 0.15) is 5.39 Å². The molecule has 0 spiro atoms. The number of carbonyl (C=O) groups excluding carboxylic acids is 1. The molecule has 3 heterocycles. The Hall–Kier alpha value is -3.62. The predicted octanol–water partition coefficient (Wildman–Crippen LogP) is 0.922. The van der Waals surface area contributed by atoms with Crippen molar-refractivity contribution in [3.63, 3.8) is 0 Å². The van der Waals surface area contributed by atoms with Gasteiger partial charge in [-0.25, -0.2) is 9.78 Å². The Morgan fingerprint density at radius 2 is 1.89 bits per heavy atom. The maximum Gasteiger partial charge on any atom is 0.332 e. The fourth-order valence-corrected chi connectivity index (χ4v) is 3.01. The minimum atomic E-state index is -0.523. The normalized spacial score (nSPS) is 12.4. The maximum atomic E-state index is 12.8. The number of carbonyl (C=O) groups is 1. The highest BCUT2D eigenvalue weighted by atomic mass is 16.7. The van der Waals surface area contributed by atoms with Crippen LogP contribution in [0.15, 0.2) is 34.0 Å². The van der Waals surface area contributed by atoms with E-state index in [9.17, 15) is 14.4 Å². The summed E-state index contributed by atoms with van der Waals surface area (Å²) in [6.45, 7) is 1.84. The second-order valence-corrected chi connectivity index (χ2v) is 6.24. The molecular weight excluding hydrogens is 352 g/mol. The molecule has 9 nitrogen and oxygen atoms in total. The highest BCUT2D eigenvalue weighted by molar-refractivity contribution is 6.09. The molecule has 1 aromatic carbocycles.